The quantitative estimate of drug-likeness (QED) is 0.577. The summed E-state index contributed by atoms with van der Waals surface area (Å²) in [4.78, 5) is 37.3. The van der Waals surface area contributed by atoms with Crippen LogP contribution in [-0.4, -0.2) is 24.4 Å². The molecule has 1 aromatic heterocycles. The van der Waals surface area contributed by atoms with Crippen molar-refractivity contribution in [2.45, 2.75) is 6.42 Å². The Hall–Kier alpha value is -3.52. The summed E-state index contributed by atoms with van der Waals surface area (Å²) in [5.41, 5.74) is 0.904. The summed E-state index contributed by atoms with van der Waals surface area (Å²) < 4.78 is 18.0. The zero-order valence-electron chi connectivity index (χ0n) is 15.2. The highest BCUT2D eigenvalue weighted by Gasteiger charge is 2.15. The van der Waals surface area contributed by atoms with E-state index in [0.717, 1.165) is 4.88 Å². The van der Waals surface area contributed by atoms with E-state index >= 15 is 0 Å². The molecule has 148 valence electrons. The number of ether oxygens (including phenoxy) is 1. The van der Waals surface area contributed by atoms with Gasteiger partial charge in [-0.2, -0.15) is 0 Å². The Morgan fingerprint density at radius 3 is 2.41 bits per heavy atom. The number of amides is 2. The third-order valence-electron chi connectivity index (χ3n) is 3.81. The average molecular weight is 412 g/mol. The van der Waals surface area contributed by atoms with E-state index < -0.39 is 30.2 Å². The monoisotopic (exact) mass is 412 g/mol. The molecule has 0 saturated heterocycles. The van der Waals surface area contributed by atoms with Crippen molar-refractivity contribution in [2.24, 2.45) is 0 Å². The summed E-state index contributed by atoms with van der Waals surface area (Å²) >= 11 is 1.43. The van der Waals surface area contributed by atoms with Gasteiger partial charge in [-0.3, -0.25) is 14.4 Å². The summed E-state index contributed by atoms with van der Waals surface area (Å²) in [7, 11) is 0. The Morgan fingerprint density at radius 2 is 1.69 bits per heavy atom. The van der Waals surface area contributed by atoms with Gasteiger partial charge >= 0.3 is 5.97 Å². The molecule has 6 nitrogen and oxygen atoms in total. The van der Waals surface area contributed by atoms with Crippen LogP contribution >= 0.6 is 11.3 Å². The minimum absolute atomic E-state index is 0.0988. The van der Waals surface area contributed by atoms with Crippen molar-refractivity contribution in [3.8, 4) is 0 Å². The van der Waals surface area contributed by atoms with E-state index in [9.17, 15) is 18.8 Å². The molecule has 0 atom stereocenters. The number of benzene rings is 2. The molecule has 2 aromatic carbocycles. The fraction of sp³-hybridized carbons (Fsp3) is 0.0952. The highest BCUT2D eigenvalue weighted by atomic mass is 32.1. The van der Waals surface area contributed by atoms with E-state index in [1.54, 1.807) is 18.2 Å². The van der Waals surface area contributed by atoms with Gasteiger partial charge in [0, 0.05) is 10.6 Å². The molecule has 1 heterocycles. The predicted octanol–water partition coefficient (Wildman–Crippen LogP) is 3.86. The summed E-state index contributed by atoms with van der Waals surface area (Å²) in [5, 5.41) is 7.05. The molecule has 0 aliphatic rings. The maximum Gasteiger partial charge on any atom is 0.311 e. The number of para-hydroxylation sites is 1. The molecule has 0 saturated carbocycles. The SMILES string of the molecule is O=C(COC(=O)Cc1cccs1)Nc1ccccc1C(=O)Nc1ccc(F)cc1. The van der Waals surface area contributed by atoms with Crippen LogP contribution < -0.4 is 10.6 Å². The molecule has 29 heavy (non-hydrogen) atoms. The molecule has 2 N–H and O–H groups in total. The van der Waals surface area contributed by atoms with E-state index in [1.165, 1.54) is 41.7 Å². The number of carbonyl (C=O) groups excluding carboxylic acids is 3. The van der Waals surface area contributed by atoms with Gasteiger partial charge < -0.3 is 15.4 Å². The predicted molar refractivity (Wildman–Crippen MR) is 108 cm³/mol. The zero-order valence-corrected chi connectivity index (χ0v) is 16.0. The van der Waals surface area contributed by atoms with Crippen LogP contribution in [0.15, 0.2) is 66.0 Å². The molecule has 0 spiro atoms. The second-order valence-corrected chi connectivity index (χ2v) is 7.00. The molecular weight excluding hydrogens is 395 g/mol. The second-order valence-electron chi connectivity index (χ2n) is 5.97. The van der Waals surface area contributed by atoms with Gasteiger partial charge in [0.05, 0.1) is 17.7 Å². The minimum atomic E-state index is -0.563. The highest BCUT2D eigenvalue weighted by Crippen LogP contribution is 2.18. The highest BCUT2D eigenvalue weighted by molar-refractivity contribution is 7.10. The van der Waals surface area contributed by atoms with Gasteiger partial charge in [-0.1, -0.05) is 18.2 Å². The first-order valence-electron chi connectivity index (χ1n) is 8.65. The summed E-state index contributed by atoms with van der Waals surface area (Å²) in [6.45, 7) is -0.460. The van der Waals surface area contributed by atoms with Crippen LogP contribution in [0, 0.1) is 5.82 Å². The molecule has 3 aromatic rings. The number of esters is 1. The third-order valence-corrected chi connectivity index (χ3v) is 4.69. The summed E-state index contributed by atoms with van der Waals surface area (Å²) in [6.07, 6.45) is 0.0988. The van der Waals surface area contributed by atoms with Crippen molar-refractivity contribution < 1.29 is 23.5 Å². The minimum Gasteiger partial charge on any atom is -0.455 e. The van der Waals surface area contributed by atoms with Crippen LogP contribution in [0.4, 0.5) is 15.8 Å². The van der Waals surface area contributed by atoms with Crippen molar-refractivity contribution in [2.75, 3.05) is 17.2 Å². The van der Waals surface area contributed by atoms with E-state index in [4.69, 9.17) is 4.74 Å². The molecule has 0 unspecified atom stereocenters. The van der Waals surface area contributed by atoms with Crippen molar-refractivity contribution in [3.05, 3.63) is 82.3 Å². The number of hydrogen-bond acceptors (Lipinski definition) is 5. The van der Waals surface area contributed by atoms with Gasteiger partial charge in [0.1, 0.15) is 5.82 Å². The number of thiophene rings is 1. The Morgan fingerprint density at radius 1 is 0.931 bits per heavy atom. The number of halogens is 1. The molecule has 0 aliphatic carbocycles. The Balaban J connectivity index is 1.57. The first-order valence-corrected chi connectivity index (χ1v) is 9.53. The fourth-order valence-corrected chi connectivity index (χ4v) is 3.15. The van der Waals surface area contributed by atoms with Crippen molar-refractivity contribution >= 4 is 40.5 Å². The summed E-state index contributed by atoms with van der Waals surface area (Å²) in [6, 6.07) is 15.4. The molecule has 3 rings (SSSR count). The van der Waals surface area contributed by atoms with Crippen molar-refractivity contribution in [1.82, 2.24) is 0 Å². The lowest BCUT2D eigenvalue weighted by atomic mass is 10.1. The first-order chi connectivity index (χ1) is 14.0. The standard InChI is InChI=1S/C21H17FN2O4S/c22-14-7-9-15(10-8-14)23-21(27)17-5-1-2-6-18(17)24-19(25)13-28-20(26)12-16-4-3-11-29-16/h1-11H,12-13H2,(H,23,27)(H,24,25). The van der Waals surface area contributed by atoms with Crippen molar-refractivity contribution in [1.29, 1.82) is 0 Å². The molecule has 0 fully saturated rings. The zero-order chi connectivity index (χ0) is 20.6. The largest absolute Gasteiger partial charge is 0.455 e. The number of nitrogens with one attached hydrogen (secondary N) is 2. The van der Waals surface area contributed by atoms with Gasteiger partial charge in [0.25, 0.3) is 11.8 Å². The normalized spacial score (nSPS) is 10.2. The Kier molecular flexibility index (Phi) is 6.70. The molecule has 0 bridgehead atoms. The lowest BCUT2D eigenvalue weighted by Gasteiger charge is -2.12. The lowest BCUT2D eigenvalue weighted by molar-refractivity contribution is -0.146. The second kappa shape index (κ2) is 9.61. The van der Waals surface area contributed by atoms with E-state index in [-0.39, 0.29) is 17.7 Å². The van der Waals surface area contributed by atoms with Crippen LogP contribution in [0.1, 0.15) is 15.2 Å². The molecule has 2 amide bonds. The van der Waals surface area contributed by atoms with Gasteiger partial charge in [0.15, 0.2) is 6.61 Å². The van der Waals surface area contributed by atoms with Crippen LogP contribution in [0.25, 0.3) is 0 Å². The van der Waals surface area contributed by atoms with Crippen LogP contribution in [0.5, 0.6) is 0 Å². The number of anilines is 2. The van der Waals surface area contributed by atoms with Crippen molar-refractivity contribution in [3.63, 3.8) is 0 Å². The topological polar surface area (TPSA) is 84.5 Å². The molecule has 8 heteroatoms. The Labute approximate surface area is 170 Å². The van der Waals surface area contributed by atoms with Crippen LogP contribution in [-0.2, 0) is 20.7 Å². The maximum absolute atomic E-state index is 13.0. The maximum atomic E-state index is 13.0. The van der Waals surface area contributed by atoms with E-state index in [1.807, 2.05) is 17.5 Å². The first kappa shape index (κ1) is 20.2. The van der Waals surface area contributed by atoms with Crippen LogP contribution in [0.2, 0.25) is 0 Å². The van der Waals surface area contributed by atoms with Gasteiger partial charge in [0.2, 0.25) is 0 Å². The number of carbonyl (C=O) groups is 3. The third kappa shape index (κ3) is 5.98. The number of rotatable bonds is 7. The van der Waals surface area contributed by atoms with E-state index in [2.05, 4.69) is 10.6 Å². The van der Waals surface area contributed by atoms with E-state index in [0.29, 0.717) is 5.69 Å². The smallest absolute Gasteiger partial charge is 0.311 e. The summed E-state index contributed by atoms with van der Waals surface area (Å²) in [5.74, 6) is -1.96. The van der Waals surface area contributed by atoms with Gasteiger partial charge in [-0.05, 0) is 47.8 Å². The van der Waals surface area contributed by atoms with Crippen LogP contribution in [0.3, 0.4) is 0 Å². The fourth-order valence-electron chi connectivity index (χ4n) is 2.46. The lowest BCUT2D eigenvalue weighted by Crippen LogP contribution is -2.23. The molecule has 0 radical (unpaired) electrons. The molecular formula is C21H17FN2O4S. The average Bonchev–Trinajstić information content (AvgIpc) is 3.21. The van der Waals surface area contributed by atoms with Gasteiger partial charge in [-0.25, -0.2) is 4.39 Å². The Bertz CT molecular complexity index is 1000. The molecule has 0 aliphatic heterocycles. The number of hydrogen-bond donors (Lipinski definition) is 2. The van der Waals surface area contributed by atoms with Gasteiger partial charge in [-0.15, -0.1) is 11.3 Å².